The molecule has 2 nitrogen and oxygen atoms in total. The monoisotopic (exact) mass is 259 g/mol. The van der Waals surface area contributed by atoms with Crippen LogP contribution in [0.2, 0.25) is 0 Å². The maximum Gasteiger partial charge on any atom is 0.0543 e. The van der Waals surface area contributed by atoms with Gasteiger partial charge in [-0.25, -0.2) is 0 Å². The van der Waals surface area contributed by atoms with Crippen molar-refractivity contribution in [1.29, 1.82) is 0 Å². The first kappa shape index (κ1) is 13.1. The van der Waals surface area contributed by atoms with E-state index >= 15 is 0 Å². The lowest BCUT2D eigenvalue weighted by Crippen LogP contribution is -2.28. The molecule has 0 bridgehead atoms. The van der Waals surface area contributed by atoms with Crippen LogP contribution >= 0.6 is 0 Å². The first-order valence-corrected chi connectivity index (χ1v) is 7.70. The predicted octanol–water partition coefficient (Wildman–Crippen LogP) is 3.20. The summed E-state index contributed by atoms with van der Waals surface area (Å²) in [6.45, 7) is 3.20. The number of nitrogens with one attached hydrogen (secondary N) is 1. The molecule has 3 unspecified atom stereocenters. The number of benzene rings is 1. The lowest BCUT2D eigenvalue weighted by molar-refractivity contribution is 0.177. The molecule has 104 valence electrons. The molecule has 2 N–H and O–H groups in total. The van der Waals surface area contributed by atoms with E-state index in [1.54, 1.807) is 0 Å². The van der Waals surface area contributed by atoms with E-state index in [1.807, 2.05) is 0 Å². The molecule has 0 amide bonds. The van der Waals surface area contributed by atoms with Crippen LogP contribution in [0.3, 0.4) is 0 Å². The maximum atomic E-state index is 9.61. The van der Waals surface area contributed by atoms with E-state index in [1.165, 1.54) is 30.4 Å². The fourth-order valence-corrected chi connectivity index (χ4v) is 3.29. The largest absolute Gasteiger partial charge is 0.393 e. The molecule has 2 heteroatoms. The Morgan fingerprint density at radius 1 is 1.16 bits per heavy atom. The van der Waals surface area contributed by atoms with Gasteiger partial charge in [0, 0.05) is 6.04 Å². The molecule has 2 fully saturated rings. The van der Waals surface area contributed by atoms with Gasteiger partial charge in [0.05, 0.1) is 6.10 Å². The maximum absolute atomic E-state index is 9.61. The smallest absolute Gasteiger partial charge is 0.0543 e. The summed E-state index contributed by atoms with van der Waals surface area (Å²) in [5, 5.41) is 13.4. The zero-order valence-corrected chi connectivity index (χ0v) is 11.8. The molecule has 0 spiro atoms. The van der Waals surface area contributed by atoms with Crippen LogP contribution < -0.4 is 5.32 Å². The lowest BCUT2D eigenvalue weighted by atomic mass is 9.99. The van der Waals surface area contributed by atoms with Gasteiger partial charge in [-0.05, 0) is 63.0 Å². The van der Waals surface area contributed by atoms with Crippen molar-refractivity contribution < 1.29 is 5.11 Å². The molecule has 3 rings (SSSR count). The Balaban J connectivity index is 1.60. The summed E-state index contributed by atoms with van der Waals surface area (Å²) in [5.74, 6) is 1.50. The SMILES string of the molecule is Cc1ccc(C(NCC2CCC(O)C2)C2CC2)cc1. The normalized spacial score (nSPS) is 28.5. The number of aliphatic hydroxyl groups is 1. The Hall–Kier alpha value is -0.860. The van der Waals surface area contributed by atoms with Gasteiger partial charge in [0.15, 0.2) is 0 Å². The van der Waals surface area contributed by atoms with E-state index in [0.29, 0.717) is 12.0 Å². The number of rotatable bonds is 5. The molecule has 2 aliphatic rings. The predicted molar refractivity (Wildman–Crippen MR) is 78.0 cm³/mol. The number of hydrogen-bond donors (Lipinski definition) is 2. The van der Waals surface area contributed by atoms with Gasteiger partial charge in [-0.3, -0.25) is 0 Å². The lowest BCUT2D eigenvalue weighted by Gasteiger charge is -2.21. The van der Waals surface area contributed by atoms with Crippen molar-refractivity contribution in [3.8, 4) is 0 Å². The van der Waals surface area contributed by atoms with Gasteiger partial charge in [-0.15, -0.1) is 0 Å². The second kappa shape index (κ2) is 5.64. The van der Waals surface area contributed by atoms with Crippen LogP contribution in [-0.2, 0) is 0 Å². The Morgan fingerprint density at radius 2 is 1.89 bits per heavy atom. The summed E-state index contributed by atoms with van der Waals surface area (Å²) in [7, 11) is 0. The van der Waals surface area contributed by atoms with Crippen LogP contribution in [0, 0.1) is 18.8 Å². The molecule has 1 aromatic carbocycles. The van der Waals surface area contributed by atoms with Crippen LogP contribution in [0.5, 0.6) is 0 Å². The van der Waals surface area contributed by atoms with Gasteiger partial charge in [-0.1, -0.05) is 29.8 Å². The molecule has 0 heterocycles. The quantitative estimate of drug-likeness (QED) is 0.851. The summed E-state index contributed by atoms with van der Waals surface area (Å²) in [6.07, 6.45) is 5.82. The fraction of sp³-hybridized carbons (Fsp3) is 0.647. The van der Waals surface area contributed by atoms with E-state index < -0.39 is 0 Å². The number of aryl methyl sites for hydroxylation is 1. The van der Waals surface area contributed by atoms with Gasteiger partial charge >= 0.3 is 0 Å². The zero-order valence-electron chi connectivity index (χ0n) is 11.8. The summed E-state index contributed by atoms with van der Waals surface area (Å²) in [5.41, 5.74) is 2.77. The Kier molecular flexibility index (Phi) is 3.90. The van der Waals surface area contributed by atoms with Gasteiger partial charge in [0.2, 0.25) is 0 Å². The van der Waals surface area contributed by atoms with Crippen LogP contribution in [0.15, 0.2) is 24.3 Å². The average molecular weight is 259 g/mol. The third-order valence-corrected chi connectivity index (χ3v) is 4.67. The van der Waals surface area contributed by atoms with Crippen molar-refractivity contribution in [2.75, 3.05) is 6.54 Å². The third kappa shape index (κ3) is 3.37. The second-order valence-electron chi connectivity index (χ2n) is 6.47. The van der Waals surface area contributed by atoms with Gasteiger partial charge in [0.1, 0.15) is 0 Å². The molecular weight excluding hydrogens is 234 g/mol. The van der Waals surface area contributed by atoms with Crippen molar-refractivity contribution >= 4 is 0 Å². The van der Waals surface area contributed by atoms with Gasteiger partial charge in [-0.2, -0.15) is 0 Å². The zero-order chi connectivity index (χ0) is 13.2. The highest BCUT2D eigenvalue weighted by molar-refractivity contribution is 5.25. The van der Waals surface area contributed by atoms with Crippen LogP contribution in [-0.4, -0.2) is 17.8 Å². The first-order valence-electron chi connectivity index (χ1n) is 7.70. The van der Waals surface area contributed by atoms with Gasteiger partial charge < -0.3 is 10.4 Å². The summed E-state index contributed by atoms with van der Waals surface area (Å²) < 4.78 is 0. The summed E-state index contributed by atoms with van der Waals surface area (Å²) in [6, 6.07) is 9.50. The Labute approximate surface area is 116 Å². The highest BCUT2D eigenvalue weighted by Gasteiger charge is 2.33. The molecular formula is C17H25NO. The highest BCUT2D eigenvalue weighted by Crippen LogP contribution is 2.41. The van der Waals surface area contributed by atoms with E-state index in [0.717, 1.165) is 25.3 Å². The van der Waals surface area contributed by atoms with Crippen molar-refractivity contribution in [2.24, 2.45) is 11.8 Å². The van der Waals surface area contributed by atoms with Crippen molar-refractivity contribution in [1.82, 2.24) is 5.32 Å². The number of hydrogen-bond acceptors (Lipinski definition) is 2. The fourth-order valence-electron chi connectivity index (χ4n) is 3.29. The molecule has 19 heavy (non-hydrogen) atoms. The number of aliphatic hydroxyl groups excluding tert-OH is 1. The topological polar surface area (TPSA) is 32.3 Å². The molecule has 0 aromatic heterocycles. The highest BCUT2D eigenvalue weighted by atomic mass is 16.3. The molecule has 0 saturated heterocycles. The van der Waals surface area contributed by atoms with Crippen LogP contribution in [0.1, 0.15) is 49.3 Å². The van der Waals surface area contributed by atoms with E-state index in [-0.39, 0.29) is 6.10 Å². The molecule has 1 aromatic rings. The Morgan fingerprint density at radius 3 is 2.47 bits per heavy atom. The Bertz CT molecular complexity index is 410. The molecule has 3 atom stereocenters. The van der Waals surface area contributed by atoms with Crippen molar-refractivity contribution in [3.63, 3.8) is 0 Å². The minimum atomic E-state index is -0.0504. The summed E-state index contributed by atoms with van der Waals surface area (Å²) in [4.78, 5) is 0. The standard InChI is InChI=1S/C17H25NO/c1-12-2-5-14(6-3-12)17(15-7-8-15)18-11-13-4-9-16(19)10-13/h2-3,5-6,13,15-19H,4,7-11H2,1H3. The summed E-state index contributed by atoms with van der Waals surface area (Å²) >= 11 is 0. The molecule has 0 aliphatic heterocycles. The third-order valence-electron chi connectivity index (χ3n) is 4.67. The van der Waals surface area contributed by atoms with E-state index in [9.17, 15) is 5.11 Å². The molecule has 2 saturated carbocycles. The van der Waals surface area contributed by atoms with E-state index in [2.05, 4.69) is 36.5 Å². The molecule has 2 aliphatic carbocycles. The van der Waals surface area contributed by atoms with Crippen molar-refractivity contribution in [2.45, 2.75) is 51.2 Å². The molecule has 0 radical (unpaired) electrons. The van der Waals surface area contributed by atoms with Gasteiger partial charge in [0.25, 0.3) is 0 Å². The van der Waals surface area contributed by atoms with Crippen LogP contribution in [0.4, 0.5) is 0 Å². The second-order valence-corrected chi connectivity index (χ2v) is 6.47. The minimum Gasteiger partial charge on any atom is -0.393 e. The first-order chi connectivity index (χ1) is 9.22. The van der Waals surface area contributed by atoms with E-state index in [4.69, 9.17) is 0 Å². The minimum absolute atomic E-state index is 0.0504. The van der Waals surface area contributed by atoms with Crippen LogP contribution in [0.25, 0.3) is 0 Å². The average Bonchev–Trinajstić information content (AvgIpc) is 3.15. The van der Waals surface area contributed by atoms with Crippen molar-refractivity contribution in [3.05, 3.63) is 35.4 Å².